The van der Waals surface area contributed by atoms with Gasteiger partial charge in [-0.3, -0.25) is 10.1 Å². The van der Waals surface area contributed by atoms with E-state index in [0.717, 1.165) is 10.4 Å². The van der Waals surface area contributed by atoms with Gasteiger partial charge in [0.25, 0.3) is 5.91 Å². The topological polar surface area (TPSA) is 78.9 Å². The molecule has 2 aromatic heterocycles. The van der Waals surface area contributed by atoms with Gasteiger partial charge in [-0.2, -0.15) is 5.26 Å². The van der Waals surface area contributed by atoms with E-state index in [1.165, 1.54) is 17.4 Å². The Labute approximate surface area is 159 Å². The van der Waals surface area contributed by atoms with Gasteiger partial charge in [0.15, 0.2) is 5.13 Å². The second-order valence-electron chi connectivity index (χ2n) is 5.51. The van der Waals surface area contributed by atoms with Gasteiger partial charge in [-0.15, -0.1) is 11.3 Å². The van der Waals surface area contributed by atoms with Crippen LogP contribution in [0.2, 0.25) is 5.02 Å². The Hall–Kier alpha value is -2.88. The molecule has 1 aromatic carbocycles. The highest BCUT2D eigenvalue weighted by Gasteiger charge is 2.13. The van der Waals surface area contributed by atoms with E-state index in [1.54, 1.807) is 25.3 Å². The number of nitrogens with one attached hydrogen (secondary N) is 1. The molecule has 1 amide bonds. The highest BCUT2D eigenvalue weighted by Crippen LogP contribution is 2.22. The molecule has 130 valence electrons. The summed E-state index contributed by atoms with van der Waals surface area (Å²) in [5, 5.41) is 13.0. The maximum atomic E-state index is 12.3. The third kappa shape index (κ3) is 4.60. The number of carbonyl (C=O) groups excluding carboxylic acids is 1. The lowest BCUT2D eigenvalue weighted by Crippen LogP contribution is -2.13. The summed E-state index contributed by atoms with van der Waals surface area (Å²) in [4.78, 5) is 17.5. The Morgan fingerprint density at radius 2 is 2.12 bits per heavy atom. The SMILES string of the molecule is Cc1ccc(/C=C(\C#N)C(=O)Nc2ncc(Cc3ccc(Cl)cc3)s2)o1. The van der Waals surface area contributed by atoms with Crippen LogP contribution in [0.25, 0.3) is 6.08 Å². The number of hydrogen-bond donors (Lipinski definition) is 1. The molecule has 0 radical (unpaired) electrons. The van der Waals surface area contributed by atoms with E-state index in [0.29, 0.717) is 28.1 Å². The molecule has 3 rings (SSSR count). The lowest BCUT2D eigenvalue weighted by Gasteiger charge is -2.00. The van der Waals surface area contributed by atoms with Crippen LogP contribution in [0, 0.1) is 18.3 Å². The average Bonchev–Trinajstić information content (AvgIpc) is 3.23. The Bertz CT molecular complexity index is 996. The smallest absolute Gasteiger partial charge is 0.268 e. The molecule has 0 fully saturated rings. The van der Waals surface area contributed by atoms with Crippen molar-refractivity contribution in [3.63, 3.8) is 0 Å². The molecule has 0 atom stereocenters. The number of carbonyl (C=O) groups is 1. The van der Waals surface area contributed by atoms with Crippen LogP contribution >= 0.6 is 22.9 Å². The predicted octanol–water partition coefficient (Wildman–Crippen LogP) is 4.83. The lowest BCUT2D eigenvalue weighted by molar-refractivity contribution is -0.112. The minimum absolute atomic E-state index is 0.0474. The fourth-order valence-corrected chi connectivity index (χ4v) is 3.20. The number of aryl methyl sites for hydroxylation is 1. The first kappa shape index (κ1) is 17.9. The maximum absolute atomic E-state index is 12.3. The highest BCUT2D eigenvalue weighted by atomic mass is 35.5. The quantitative estimate of drug-likeness (QED) is 0.505. The largest absolute Gasteiger partial charge is 0.462 e. The molecule has 0 aliphatic rings. The number of benzene rings is 1. The van der Waals surface area contributed by atoms with Crippen molar-refractivity contribution in [1.82, 2.24) is 4.98 Å². The van der Waals surface area contributed by atoms with Gasteiger partial charge in [-0.25, -0.2) is 4.98 Å². The molecule has 0 saturated carbocycles. The summed E-state index contributed by atoms with van der Waals surface area (Å²) in [5.41, 5.74) is 1.05. The molecule has 0 saturated heterocycles. The van der Waals surface area contributed by atoms with Gasteiger partial charge < -0.3 is 4.42 Å². The second-order valence-corrected chi connectivity index (χ2v) is 7.06. The average molecular weight is 384 g/mol. The molecule has 7 heteroatoms. The molecule has 0 aliphatic carbocycles. The summed E-state index contributed by atoms with van der Waals surface area (Å²) in [6.45, 7) is 1.79. The number of hydrogen-bond acceptors (Lipinski definition) is 5. The van der Waals surface area contributed by atoms with Crippen molar-refractivity contribution in [3.05, 3.63) is 75.2 Å². The van der Waals surface area contributed by atoms with Crippen molar-refractivity contribution in [2.24, 2.45) is 0 Å². The van der Waals surface area contributed by atoms with Gasteiger partial charge in [-0.05, 0) is 36.8 Å². The zero-order valence-electron chi connectivity index (χ0n) is 13.8. The summed E-state index contributed by atoms with van der Waals surface area (Å²) in [7, 11) is 0. The number of nitriles is 1. The fourth-order valence-electron chi connectivity index (χ4n) is 2.24. The molecule has 5 nitrogen and oxygen atoms in total. The van der Waals surface area contributed by atoms with Crippen LogP contribution in [0.5, 0.6) is 0 Å². The lowest BCUT2D eigenvalue weighted by atomic mass is 10.1. The van der Waals surface area contributed by atoms with Crippen molar-refractivity contribution >= 4 is 40.1 Å². The number of thiazole rings is 1. The van der Waals surface area contributed by atoms with Gasteiger partial charge in [-0.1, -0.05) is 23.7 Å². The van der Waals surface area contributed by atoms with Gasteiger partial charge in [0.1, 0.15) is 23.2 Å². The second kappa shape index (κ2) is 8.00. The van der Waals surface area contributed by atoms with Gasteiger partial charge >= 0.3 is 0 Å². The first-order chi connectivity index (χ1) is 12.5. The number of rotatable bonds is 5. The highest BCUT2D eigenvalue weighted by molar-refractivity contribution is 7.15. The summed E-state index contributed by atoms with van der Waals surface area (Å²) in [6.07, 6.45) is 3.81. The summed E-state index contributed by atoms with van der Waals surface area (Å²) < 4.78 is 5.37. The third-order valence-corrected chi connectivity index (χ3v) is 4.64. The van der Waals surface area contributed by atoms with Crippen LogP contribution in [0.4, 0.5) is 5.13 Å². The Kier molecular flexibility index (Phi) is 5.52. The molecular weight excluding hydrogens is 370 g/mol. The minimum atomic E-state index is -0.519. The number of amides is 1. The van der Waals surface area contributed by atoms with Crippen LogP contribution in [0.15, 0.2) is 52.6 Å². The van der Waals surface area contributed by atoms with Crippen LogP contribution < -0.4 is 5.32 Å². The Morgan fingerprint density at radius 1 is 1.35 bits per heavy atom. The molecule has 0 unspecified atom stereocenters. The molecular formula is C19H14ClN3O2S. The predicted molar refractivity (Wildman–Crippen MR) is 102 cm³/mol. The summed E-state index contributed by atoms with van der Waals surface area (Å²) >= 11 is 7.25. The van der Waals surface area contributed by atoms with E-state index in [4.69, 9.17) is 16.0 Å². The maximum Gasteiger partial charge on any atom is 0.268 e. The van der Waals surface area contributed by atoms with E-state index in [2.05, 4.69) is 10.3 Å². The Morgan fingerprint density at radius 3 is 2.77 bits per heavy atom. The summed E-state index contributed by atoms with van der Waals surface area (Å²) in [5.74, 6) is 0.645. The molecule has 1 N–H and O–H groups in total. The van der Waals surface area contributed by atoms with Crippen molar-refractivity contribution in [2.75, 3.05) is 5.32 Å². The number of aromatic nitrogens is 1. The number of furan rings is 1. The van der Waals surface area contributed by atoms with Gasteiger partial charge in [0.2, 0.25) is 0 Å². The molecule has 3 aromatic rings. The minimum Gasteiger partial charge on any atom is -0.462 e. The number of nitrogens with zero attached hydrogens (tertiary/aromatic N) is 2. The zero-order chi connectivity index (χ0) is 18.5. The zero-order valence-corrected chi connectivity index (χ0v) is 15.4. The van der Waals surface area contributed by atoms with E-state index >= 15 is 0 Å². The van der Waals surface area contributed by atoms with E-state index < -0.39 is 5.91 Å². The van der Waals surface area contributed by atoms with Crippen LogP contribution in [0.3, 0.4) is 0 Å². The fraction of sp³-hybridized carbons (Fsp3) is 0.105. The molecule has 0 bridgehead atoms. The molecule has 0 aliphatic heterocycles. The van der Waals surface area contributed by atoms with Crippen LogP contribution in [-0.4, -0.2) is 10.9 Å². The van der Waals surface area contributed by atoms with Gasteiger partial charge in [0, 0.05) is 28.6 Å². The van der Waals surface area contributed by atoms with E-state index in [9.17, 15) is 10.1 Å². The number of anilines is 1. The standard InChI is InChI=1S/C19H14ClN3O2S/c1-12-2-7-16(25-12)9-14(10-21)18(24)23-19-22-11-17(26-19)8-13-3-5-15(20)6-4-13/h2-7,9,11H,8H2,1H3,(H,22,23,24)/b14-9+. The van der Waals surface area contributed by atoms with Crippen molar-refractivity contribution in [2.45, 2.75) is 13.3 Å². The van der Waals surface area contributed by atoms with Gasteiger partial charge in [0.05, 0.1) is 0 Å². The monoisotopic (exact) mass is 383 g/mol. The van der Waals surface area contributed by atoms with Crippen molar-refractivity contribution in [3.8, 4) is 6.07 Å². The van der Waals surface area contributed by atoms with Crippen molar-refractivity contribution < 1.29 is 9.21 Å². The summed E-state index contributed by atoms with van der Waals surface area (Å²) in [6, 6.07) is 12.9. The van der Waals surface area contributed by atoms with E-state index in [1.807, 2.05) is 30.3 Å². The molecule has 0 spiro atoms. The third-order valence-electron chi connectivity index (χ3n) is 3.48. The molecule has 2 heterocycles. The van der Waals surface area contributed by atoms with Crippen molar-refractivity contribution in [1.29, 1.82) is 5.26 Å². The molecule has 26 heavy (non-hydrogen) atoms. The Balaban J connectivity index is 1.67. The van der Waals surface area contributed by atoms with E-state index in [-0.39, 0.29) is 5.57 Å². The normalized spacial score (nSPS) is 11.2. The first-order valence-electron chi connectivity index (χ1n) is 7.72. The van der Waals surface area contributed by atoms with Crippen LogP contribution in [0.1, 0.15) is 22.0 Å². The number of halogens is 1. The van der Waals surface area contributed by atoms with Crippen LogP contribution in [-0.2, 0) is 11.2 Å². The first-order valence-corrected chi connectivity index (χ1v) is 8.91.